The number of hydrogen-bond acceptors (Lipinski definition) is 4. The van der Waals surface area contributed by atoms with Crippen molar-refractivity contribution in [1.82, 2.24) is 0 Å². The molecule has 0 aromatic rings. The molecule has 0 spiro atoms. The van der Waals surface area contributed by atoms with Crippen LogP contribution in [0.1, 0.15) is 0 Å². The van der Waals surface area contributed by atoms with Crippen LogP contribution in [0, 0.1) is 63.7 Å². The molecule has 0 saturated heterocycles. The molecule has 0 aromatic carbocycles. The summed E-state index contributed by atoms with van der Waals surface area (Å²) in [6.07, 6.45) is 16.5. The summed E-state index contributed by atoms with van der Waals surface area (Å²) in [5, 5.41) is 20.9. The summed E-state index contributed by atoms with van der Waals surface area (Å²) in [6.45, 7) is -0.579. The number of carboxylic acids is 1. The maximum absolute atomic E-state index is 11.0. The molecule has 0 N–H and O–H groups in total. The van der Waals surface area contributed by atoms with Crippen molar-refractivity contribution < 1.29 is 34.5 Å². The number of nitrogens with zero attached hydrogens (tertiary/aromatic N) is 1. The zero-order chi connectivity index (χ0) is 12.5. The van der Waals surface area contributed by atoms with Gasteiger partial charge in [0.15, 0.2) is 0 Å². The second-order valence-electron chi connectivity index (χ2n) is 3.13. The molecule has 2 rings (SSSR count). The van der Waals surface area contributed by atoms with Gasteiger partial charge in [0.25, 0.3) is 0 Å². The number of rotatable bonds is 3. The van der Waals surface area contributed by atoms with Gasteiger partial charge in [0.05, 0.1) is 12.5 Å². The van der Waals surface area contributed by atoms with Crippen LogP contribution in [-0.4, -0.2) is 18.4 Å². The summed E-state index contributed by atoms with van der Waals surface area (Å²) < 4.78 is 0. The van der Waals surface area contributed by atoms with Gasteiger partial charge in [-0.2, -0.15) is 0 Å². The average Bonchev–Trinajstić information content (AvgIpc) is 2.99. The van der Waals surface area contributed by atoms with E-state index in [1.165, 1.54) is 0 Å². The third-order valence-electron chi connectivity index (χ3n) is 1.82. The van der Waals surface area contributed by atoms with E-state index in [-0.39, 0.29) is 19.5 Å². The first-order chi connectivity index (χ1) is 8.20. The molecule has 0 aliphatic heterocycles. The third-order valence-corrected chi connectivity index (χ3v) is 1.82. The molecule has 0 aromatic heterocycles. The van der Waals surface area contributed by atoms with Crippen LogP contribution in [-0.2, 0) is 24.3 Å². The minimum atomic E-state index is -1.35. The smallest absolute Gasteiger partial charge is 0.862 e. The third kappa shape index (κ3) is 7.81. The molecule has 0 amide bonds. The maximum Gasteiger partial charge on any atom is 2.00 e. The minimum Gasteiger partial charge on any atom is -0.862 e. The molecule has 2 aliphatic carbocycles. The fourth-order valence-electron chi connectivity index (χ4n) is 1.06. The van der Waals surface area contributed by atoms with Gasteiger partial charge in [0.2, 0.25) is 0 Å². The fourth-order valence-corrected chi connectivity index (χ4v) is 1.06. The molecular weight excluding hydrogens is 319 g/mol. The first-order valence-electron chi connectivity index (χ1n) is 5.00. The summed E-state index contributed by atoms with van der Waals surface area (Å²) in [4.78, 5) is 13.2. The number of hydrogen-bond donors (Lipinski definition) is 0. The molecule has 94 valence electrons. The maximum atomic E-state index is 11.0. The molecule has 18 heavy (non-hydrogen) atoms. The topological polar surface area (TPSA) is 75.5 Å². The first-order valence-corrected chi connectivity index (χ1v) is 5.00. The SMILES string of the molecule is O=C([O-])CN=C([O-])[C]1[CH][CH][CH][CH]1.[CH]1[CH][CH][CH][CH]1.[Ru+2]. The summed E-state index contributed by atoms with van der Waals surface area (Å²) in [6, 6.07) is 0. The van der Waals surface area contributed by atoms with Gasteiger partial charge in [0, 0.05) is 5.92 Å². The number of aliphatic imine (C=N–C) groups is 1. The second-order valence-corrected chi connectivity index (χ2v) is 3.13. The Morgan fingerprint density at radius 3 is 1.78 bits per heavy atom. The van der Waals surface area contributed by atoms with Gasteiger partial charge < -0.3 is 15.0 Å². The summed E-state index contributed by atoms with van der Waals surface area (Å²) in [5.41, 5.74) is 0. The van der Waals surface area contributed by atoms with Crippen LogP contribution >= 0.6 is 0 Å². The van der Waals surface area contributed by atoms with Gasteiger partial charge >= 0.3 is 19.5 Å². The van der Waals surface area contributed by atoms with Crippen molar-refractivity contribution in [2.75, 3.05) is 6.54 Å². The van der Waals surface area contributed by atoms with E-state index in [4.69, 9.17) is 0 Å². The Hall–Kier alpha value is -0.437. The van der Waals surface area contributed by atoms with E-state index < -0.39 is 18.4 Å². The average molecular weight is 330 g/mol. The van der Waals surface area contributed by atoms with E-state index in [1.54, 1.807) is 25.7 Å². The minimum absolute atomic E-state index is 0. The zero-order valence-corrected chi connectivity index (χ0v) is 11.2. The van der Waals surface area contributed by atoms with Gasteiger partial charge in [0.1, 0.15) is 0 Å². The Balaban J connectivity index is 0.000000405. The molecule has 10 radical (unpaired) electrons. The van der Waals surface area contributed by atoms with Crippen LogP contribution in [0.2, 0.25) is 0 Å². The first kappa shape index (κ1) is 17.6. The van der Waals surface area contributed by atoms with E-state index in [0.717, 1.165) is 0 Å². The van der Waals surface area contributed by atoms with E-state index >= 15 is 0 Å². The largest absolute Gasteiger partial charge is 2.00 e. The van der Waals surface area contributed by atoms with Crippen molar-refractivity contribution >= 4 is 11.9 Å². The van der Waals surface area contributed by atoms with E-state index in [1.807, 2.05) is 32.1 Å². The van der Waals surface area contributed by atoms with Crippen LogP contribution in [0.5, 0.6) is 0 Å². The number of carbonyl (C=O) groups excluding carboxylic acids is 1. The van der Waals surface area contributed by atoms with Crippen molar-refractivity contribution in [3.05, 3.63) is 63.7 Å². The Labute approximate surface area is 122 Å². The molecule has 2 saturated carbocycles. The fraction of sp³-hybridized carbons (Fsp3) is 0.0769. The van der Waals surface area contributed by atoms with Crippen molar-refractivity contribution in [3.63, 3.8) is 0 Å². The van der Waals surface area contributed by atoms with Crippen LogP contribution < -0.4 is 10.2 Å². The van der Waals surface area contributed by atoms with E-state index in [0.29, 0.717) is 5.92 Å². The monoisotopic (exact) mass is 331 g/mol. The van der Waals surface area contributed by atoms with Gasteiger partial charge in [-0.3, -0.25) is 4.99 Å². The Bertz CT molecular complexity index is 251. The van der Waals surface area contributed by atoms with Gasteiger partial charge in [-0.25, -0.2) is 0 Å². The molecule has 0 unspecified atom stereocenters. The molecule has 2 aliphatic rings. The Kier molecular flexibility index (Phi) is 10.2. The number of aliphatic carboxylic acids is 1. The van der Waals surface area contributed by atoms with Crippen molar-refractivity contribution in [2.24, 2.45) is 4.99 Å². The van der Waals surface area contributed by atoms with Crippen molar-refractivity contribution in [1.29, 1.82) is 0 Å². The summed E-state index contributed by atoms with van der Waals surface area (Å²) in [5.74, 6) is -1.48. The van der Waals surface area contributed by atoms with Gasteiger partial charge in [-0.15, -0.1) is 0 Å². The quantitative estimate of drug-likeness (QED) is 0.375. The molecule has 0 heterocycles. The standard InChI is InChI=1S/C8H8NO3.C5H5.Ru/c10-7(11)5-9-8(12)6-3-1-2-4-6;1-2-4-5-3-1;/h1-4H,5H2,(H,9,12)(H,10,11);1-5H;/q;;+2/p-2. The molecule has 4 nitrogen and oxygen atoms in total. The van der Waals surface area contributed by atoms with Crippen LogP contribution in [0.15, 0.2) is 4.99 Å². The van der Waals surface area contributed by atoms with Crippen LogP contribution in [0.3, 0.4) is 0 Å². The molecule has 2 fully saturated rings. The summed E-state index contributed by atoms with van der Waals surface area (Å²) >= 11 is 0. The predicted molar refractivity (Wildman–Crippen MR) is 59.3 cm³/mol. The Morgan fingerprint density at radius 2 is 1.39 bits per heavy atom. The van der Waals surface area contributed by atoms with E-state index in [2.05, 4.69) is 4.99 Å². The second kappa shape index (κ2) is 10.5. The number of carboxylic acid groups (broad SMARTS) is 1. The molecule has 0 atom stereocenters. The summed E-state index contributed by atoms with van der Waals surface area (Å²) in [7, 11) is 0. The number of carbonyl (C=O) groups is 1. The molecular formula is C13H11NO3Ru. The van der Waals surface area contributed by atoms with Gasteiger partial charge in [-0.05, 0) is 63.7 Å². The van der Waals surface area contributed by atoms with Gasteiger partial charge in [-0.1, -0.05) is 0 Å². The normalized spacial score (nSPS) is 19.9. The van der Waals surface area contributed by atoms with Crippen molar-refractivity contribution in [3.8, 4) is 0 Å². The van der Waals surface area contributed by atoms with Crippen LogP contribution in [0.25, 0.3) is 0 Å². The Morgan fingerprint density at radius 1 is 0.944 bits per heavy atom. The zero-order valence-electron chi connectivity index (χ0n) is 9.43. The molecule has 5 heteroatoms. The predicted octanol–water partition coefficient (Wildman–Crippen LogP) is -1.08. The molecule has 0 bridgehead atoms. The van der Waals surface area contributed by atoms with Crippen LogP contribution in [0.4, 0.5) is 0 Å². The van der Waals surface area contributed by atoms with E-state index in [9.17, 15) is 15.0 Å². The van der Waals surface area contributed by atoms with Crippen molar-refractivity contribution in [2.45, 2.75) is 0 Å².